The number of carbonyl (C=O) groups excluding carboxylic acids is 1. The molecule has 4 atom stereocenters. The molecule has 2 bridgehead atoms. The van der Waals surface area contributed by atoms with Gasteiger partial charge in [0.1, 0.15) is 31.7 Å². The molecule has 1 unspecified atom stereocenters. The van der Waals surface area contributed by atoms with Gasteiger partial charge in [0.05, 0.1) is 51.4 Å². The van der Waals surface area contributed by atoms with Crippen LogP contribution in [0.25, 0.3) is 44.1 Å². The Balaban J connectivity index is 1.03. The van der Waals surface area contributed by atoms with Gasteiger partial charge in [-0.1, -0.05) is 19.6 Å². The number of alkyl halides is 5. The van der Waals surface area contributed by atoms with Crippen molar-refractivity contribution >= 4 is 52.8 Å². The number of ether oxygens (including phenoxy) is 3. The lowest BCUT2D eigenvalue weighted by Crippen LogP contribution is -2.57. The molecule has 382 valence electrons. The van der Waals surface area contributed by atoms with E-state index in [0.717, 1.165) is 64.5 Å². The van der Waals surface area contributed by atoms with Crippen molar-refractivity contribution in [3.8, 4) is 28.7 Å². The van der Waals surface area contributed by atoms with Crippen LogP contribution in [0.5, 0.6) is 6.01 Å². The van der Waals surface area contributed by atoms with Gasteiger partial charge in [0.15, 0.2) is 6.23 Å². The number of rotatable bonds is 10. The fourth-order valence-electron chi connectivity index (χ4n) is 11.7. The molecule has 0 radical (unpaired) electrons. The zero-order chi connectivity index (χ0) is 50.4. The number of benzene rings is 1. The summed E-state index contributed by atoms with van der Waals surface area (Å²) in [7, 11) is 0.286. The van der Waals surface area contributed by atoms with E-state index in [4.69, 9.17) is 29.2 Å². The van der Waals surface area contributed by atoms with Gasteiger partial charge in [0.25, 0.3) is 5.92 Å². The highest BCUT2D eigenvalue weighted by Gasteiger charge is 2.72. The molecule has 4 saturated heterocycles. The molecule has 1 aliphatic carbocycles. The third kappa shape index (κ3) is 9.57. The zero-order valence-electron chi connectivity index (χ0n) is 42.2. The predicted octanol–water partition coefficient (Wildman–Crippen LogP) is 10.9. The van der Waals surface area contributed by atoms with Crippen LogP contribution in [0.3, 0.4) is 0 Å². The van der Waals surface area contributed by atoms with Crippen molar-refractivity contribution in [3.63, 3.8) is 0 Å². The zero-order valence-corrected chi connectivity index (χ0v) is 43.2. The first-order valence-electron chi connectivity index (χ1n) is 25.4. The van der Waals surface area contributed by atoms with Crippen molar-refractivity contribution < 1.29 is 41.0 Å². The van der Waals surface area contributed by atoms with E-state index in [0.29, 0.717) is 65.3 Å². The third-order valence-electron chi connectivity index (χ3n) is 15.2. The molecule has 8 heterocycles. The maximum absolute atomic E-state index is 15.7. The first kappa shape index (κ1) is 49.5. The largest absolute Gasteiger partial charge is 0.462 e. The van der Waals surface area contributed by atoms with Crippen LogP contribution >= 0.6 is 0 Å². The van der Waals surface area contributed by atoms with Gasteiger partial charge in [-0.2, -0.15) is 28.2 Å². The van der Waals surface area contributed by atoms with Crippen molar-refractivity contribution in [3.05, 3.63) is 35.7 Å². The number of aryl methyl sites for hydroxylation is 2. The number of piperazine rings is 1. The molecule has 4 aromatic heterocycles. The number of hydrogen-bond acceptors (Lipinski definition) is 10. The minimum atomic E-state index is -4.76. The van der Waals surface area contributed by atoms with E-state index in [1.807, 2.05) is 25.7 Å². The summed E-state index contributed by atoms with van der Waals surface area (Å²) in [5.41, 5.74) is 1.69. The lowest BCUT2D eigenvalue weighted by Gasteiger charge is -2.42. The Labute approximate surface area is 412 Å². The Bertz CT molecular complexity index is 2910. The van der Waals surface area contributed by atoms with Gasteiger partial charge in [-0.25, -0.2) is 18.3 Å². The molecule has 4 aliphatic heterocycles. The van der Waals surface area contributed by atoms with Crippen molar-refractivity contribution in [1.29, 1.82) is 0 Å². The summed E-state index contributed by atoms with van der Waals surface area (Å²) >= 11 is 0. The third-order valence-corrected chi connectivity index (χ3v) is 16.1. The first-order chi connectivity index (χ1) is 33.5. The van der Waals surface area contributed by atoms with E-state index < -0.39 is 49.1 Å². The first-order valence-corrected chi connectivity index (χ1v) is 28.9. The van der Waals surface area contributed by atoms with Crippen LogP contribution in [0.1, 0.15) is 102 Å². The average molecular weight is 1000 g/mol. The Kier molecular flexibility index (Phi) is 12.7. The maximum Gasteiger partial charge on any atom is 0.417 e. The molecule has 1 amide bonds. The lowest BCUT2D eigenvalue weighted by atomic mass is 9.91. The summed E-state index contributed by atoms with van der Waals surface area (Å²) in [6.07, 6.45) is 4.73. The number of fused-ring (bicyclic) bond motifs is 6. The minimum absolute atomic E-state index is 0.0162. The number of aromatic nitrogens is 6. The number of piperidine rings is 1. The summed E-state index contributed by atoms with van der Waals surface area (Å²) in [5.74, 6) is 1.37. The predicted molar refractivity (Wildman–Crippen MR) is 265 cm³/mol. The van der Waals surface area contributed by atoms with E-state index in [1.54, 1.807) is 22.4 Å². The molecule has 19 heteroatoms. The van der Waals surface area contributed by atoms with Gasteiger partial charge in [0, 0.05) is 68.7 Å². The van der Waals surface area contributed by atoms with Gasteiger partial charge in [-0.15, -0.1) is 11.5 Å². The molecule has 5 aliphatic rings. The molecule has 1 aromatic carbocycles. The van der Waals surface area contributed by atoms with E-state index in [1.165, 1.54) is 25.4 Å². The minimum Gasteiger partial charge on any atom is -0.462 e. The second-order valence-electron chi connectivity index (χ2n) is 22.9. The second kappa shape index (κ2) is 18.2. The highest BCUT2D eigenvalue weighted by Crippen LogP contribution is 2.61. The monoisotopic (exact) mass is 1000 g/mol. The average Bonchev–Trinajstić information content (AvgIpc) is 3.58. The SMILES string of the molecule is Cc1cc2c(cnn2C2CCCCO2)c(-c2nccc3c4c(N5C[C@H]6CC[C@@H](C5)N6C(=O)OC(C)(C)C)nc(OC[C@]5(CN6CCC(CCC#C[Si](C)(C)C)CC6)CC5(F)F)nc4n(C)c23)c1C(F)(F)F. The van der Waals surface area contributed by atoms with Gasteiger partial charge < -0.3 is 28.6 Å². The van der Waals surface area contributed by atoms with Crippen molar-refractivity contribution in [2.24, 2.45) is 18.4 Å². The Hall–Kier alpha value is -5.06. The van der Waals surface area contributed by atoms with Crippen molar-refractivity contribution in [2.45, 2.75) is 148 Å². The molecule has 13 nitrogen and oxygen atoms in total. The Morgan fingerprint density at radius 2 is 1.72 bits per heavy atom. The number of likely N-dealkylation sites (tertiary alicyclic amines) is 1. The van der Waals surface area contributed by atoms with Gasteiger partial charge in [-0.3, -0.25) is 9.88 Å². The fraction of sp³-hybridized carbons (Fsp3) is 0.635. The summed E-state index contributed by atoms with van der Waals surface area (Å²) in [6.45, 7) is 16.2. The van der Waals surface area contributed by atoms with Crippen LogP contribution in [0.15, 0.2) is 24.5 Å². The van der Waals surface area contributed by atoms with E-state index in [-0.39, 0.29) is 59.9 Å². The van der Waals surface area contributed by atoms with Crippen molar-refractivity contribution in [2.75, 3.05) is 50.8 Å². The van der Waals surface area contributed by atoms with Gasteiger partial charge in [0.2, 0.25) is 0 Å². The van der Waals surface area contributed by atoms with Crippen LogP contribution in [-0.4, -0.2) is 123 Å². The highest BCUT2D eigenvalue weighted by atomic mass is 28.3. The topological polar surface area (TPSA) is 116 Å². The second-order valence-corrected chi connectivity index (χ2v) is 27.6. The maximum atomic E-state index is 15.7. The quantitative estimate of drug-likeness (QED) is 0.0761. The lowest BCUT2D eigenvalue weighted by molar-refractivity contribution is -0.137. The van der Waals surface area contributed by atoms with Crippen LogP contribution < -0.4 is 9.64 Å². The van der Waals surface area contributed by atoms with E-state index >= 15 is 22.0 Å². The van der Waals surface area contributed by atoms with Gasteiger partial charge >= 0.3 is 18.3 Å². The standard InChI is InChI=1S/C52H66F5N9O4Si/c1-32-25-38-37(26-59-66(38)39-14-9-11-23-68-39)40(42(32)52(55,56)57)43-44-36(17-20-58-43)41-45(62(44)5)60-47(61-46(41)64-27-34-15-16-35(28-64)65(34)48(67)70-49(2,3)4)69-31-50(29-51(50,53)54)30-63-21-18-33(19-22-63)13-10-12-24-71(6,7)8/h17,20,25-26,33-35,39H,9-11,13-16,18-19,21-23,27-31H2,1-8H3/t34-,35+,39?,50-/m1/s1. The molecule has 5 aromatic rings. The number of carbonyl (C=O) groups is 1. The van der Waals surface area contributed by atoms with Gasteiger partial charge in [-0.05, 0) is 116 Å². The Morgan fingerprint density at radius 1 is 1.00 bits per heavy atom. The fourth-order valence-corrected chi connectivity index (χ4v) is 12.3. The number of amides is 1. The summed E-state index contributed by atoms with van der Waals surface area (Å²) in [6, 6.07) is 2.72. The van der Waals surface area contributed by atoms with Crippen LogP contribution in [0.4, 0.5) is 32.6 Å². The van der Waals surface area contributed by atoms with E-state index in [2.05, 4.69) is 46.0 Å². The number of anilines is 1. The molecular formula is C52H66F5N9O4Si. The van der Waals surface area contributed by atoms with E-state index in [9.17, 15) is 4.79 Å². The summed E-state index contributed by atoms with van der Waals surface area (Å²) in [5, 5.41) is 6.00. The molecule has 10 rings (SSSR count). The summed E-state index contributed by atoms with van der Waals surface area (Å²) < 4.78 is 99.4. The Morgan fingerprint density at radius 3 is 2.35 bits per heavy atom. The number of pyridine rings is 1. The van der Waals surface area contributed by atoms with Crippen LogP contribution in [0.2, 0.25) is 19.6 Å². The normalized spacial score (nSPS) is 24.2. The van der Waals surface area contributed by atoms with Crippen molar-refractivity contribution in [1.82, 2.24) is 39.1 Å². The summed E-state index contributed by atoms with van der Waals surface area (Å²) in [4.78, 5) is 34.3. The number of hydrogen-bond donors (Lipinski definition) is 0. The van der Waals surface area contributed by atoms with Crippen LogP contribution in [0, 0.1) is 29.7 Å². The number of halogens is 5. The highest BCUT2D eigenvalue weighted by molar-refractivity contribution is 6.83. The molecular weight excluding hydrogens is 938 g/mol. The molecule has 0 N–H and O–H groups in total. The molecule has 1 saturated carbocycles. The molecule has 71 heavy (non-hydrogen) atoms. The number of nitrogens with zero attached hydrogens (tertiary/aromatic N) is 9. The smallest absolute Gasteiger partial charge is 0.417 e. The van der Waals surface area contributed by atoms with Crippen LogP contribution in [-0.2, 0) is 22.7 Å². The molecule has 5 fully saturated rings. The molecule has 0 spiro atoms.